The maximum absolute atomic E-state index is 13.1. The van der Waals surface area contributed by atoms with Gasteiger partial charge in [-0.05, 0) is 66.8 Å². The molecular weight excluding hydrogens is 411 g/mol. The third-order valence-electron chi connectivity index (χ3n) is 5.92. The van der Waals surface area contributed by atoms with Crippen LogP contribution in [0.3, 0.4) is 0 Å². The summed E-state index contributed by atoms with van der Waals surface area (Å²) in [6.07, 6.45) is 3.31. The number of benzene rings is 2. The Morgan fingerprint density at radius 2 is 1.84 bits per heavy atom. The Balaban J connectivity index is 1.43. The molecule has 0 aromatic heterocycles. The molecular formula is C24H25FN4O3. The molecule has 2 aromatic rings. The highest BCUT2D eigenvalue weighted by molar-refractivity contribution is 6.00. The monoisotopic (exact) mass is 436 g/mol. The molecule has 4 amide bonds. The summed E-state index contributed by atoms with van der Waals surface area (Å²) in [5.41, 5.74) is 3.11. The molecule has 0 saturated carbocycles. The lowest BCUT2D eigenvalue weighted by Crippen LogP contribution is -2.48. The summed E-state index contributed by atoms with van der Waals surface area (Å²) in [5, 5.41) is 5.53. The van der Waals surface area contributed by atoms with E-state index in [1.807, 2.05) is 18.2 Å². The topological polar surface area (TPSA) is 81.8 Å². The molecule has 1 saturated heterocycles. The molecule has 1 unspecified atom stereocenters. The zero-order valence-corrected chi connectivity index (χ0v) is 17.6. The molecule has 2 aliphatic heterocycles. The van der Waals surface area contributed by atoms with Crippen molar-refractivity contribution in [2.45, 2.75) is 31.8 Å². The molecule has 7 nitrogen and oxygen atoms in total. The minimum absolute atomic E-state index is 0.0456. The molecule has 2 heterocycles. The van der Waals surface area contributed by atoms with Crippen LogP contribution in [0.15, 0.2) is 55.1 Å². The number of rotatable bonds is 4. The van der Waals surface area contributed by atoms with Gasteiger partial charge in [-0.1, -0.05) is 18.7 Å². The van der Waals surface area contributed by atoms with Gasteiger partial charge in [0.05, 0.1) is 0 Å². The van der Waals surface area contributed by atoms with Crippen LogP contribution in [0.25, 0.3) is 0 Å². The van der Waals surface area contributed by atoms with Crippen molar-refractivity contribution in [2.24, 2.45) is 0 Å². The fourth-order valence-corrected chi connectivity index (χ4v) is 4.35. The Kier molecular flexibility index (Phi) is 6.20. The van der Waals surface area contributed by atoms with Crippen molar-refractivity contribution in [2.75, 3.05) is 23.7 Å². The molecule has 4 rings (SSSR count). The van der Waals surface area contributed by atoms with E-state index >= 15 is 0 Å². The number of nitrogens with one attached hydrogen (secondary N) is 2. The largest absolute Gasteiger partial charge is 0.336 e. The number of halogens is 1. The third-order valence-corrected chi connectivity index (χ3v) is 5.92. The Labute approximate surface area is 185 Å². The van der Waals surface area contributed by atoms with E-state index < -0.39 is 12.1 Å². The standard InChI is InChI=1S/C24H25FN4O3/c1-2-22(30)29-13-4-7-21(29)23(31)28-14-12-19-16(15-28)5-3-6-20(19)27-24(32)26-18-10-8-17(25)9-11-18/h2-3,5-6,8-11,21H,1,4,7,12-15H2,(H2,26,27,32). The first-order valence-corrected chi connectivity index (χ1v) is 10.6. The minimum Gasteiger partial charge on any atom is -0.336 e. The van der Waals surface area contributed by atoms with Gasteiger partial charge < -0.3 is 20.4 Å². The molecule has 2 aromatic carbocycles. The SMILES string of the molecule is C=CC(=O)N1CCCC1C(=O)N1CCc2c(cccc2NC(=O)Nc2ccc(F)cc2)C1. The molecule has 0 bridgehead atoms. The van der Waals surface area contributed by atoms with Gasteiger partial charge in [-0.25, -0.2) is 9.18 Å². The number of fused-ring (bicyclic) bond motifs is 1. The second-order valence-electron chi connectivity index (χ2n) is 7.93. The lowest BCUT2D eigenvalue weighted by Gasteiger charge is -2.34. The lowest BCUT2D eigenvalue weighted by molar-refractivity contribution is -0.142. The van der Waals surface area contributed by atoms with E-state index in [4.69, 9.17) is 0 Å². The fourth-order valence-electron chi connectivity index (χ4n) is 4.35. The van der Waals surface area contributed by atoms with Gasteiger partial charge in [-0.2, -0.15) is 0 Å². The van der Waals surface area contributed by atoms with E-state index in [2.05, 4.69) is 17.2 Å². The normalized spacial score (nSPS) is 17.5. The highest BCUT2D eigenvalue weighted by Crippen LogP contribution is 2.28. The summed E-state index contributed by atoms with van der Waals surface area (Å²) in [6.45, 7) is 5.04. The minimum atomic E-state index is -0.440. The molecule has 2 aliphatic rings. The van der Waals surface area contributed by atoms with E-state index in [0.29, 0.717) is 43.9 Å². The summed E-state index contributed by atoms with van der Waals surface area (Å²) < 4.78 is 13.0. The number of carbonyl (C=O) groups excluding carboxylic acids is 3. The average Bonchev–Trinajstić information content (AvgIpc) is 3.29. The average molecular weight is 436 g/mol. The van der Waals surface area contributed by atoms with Gasteiger partial charge in [-0.3, -0.25) is 9.59 Å². The zero-order chi connectivity index (χ0) is 22.7. The smallest absolute Gasteiger partial charge is 0.323 e. The molecule has 0 aliphatic carbocycles. The molecule has 0 radical (unpaired) electrons. The summed E-state index contributed by atoms with van der Waals surface area (Å²) in [4.78, 5) is 41.0. The van der Waals surface area contributed by atoms with Crippen molar-refractivity contribution in [3.63, 3.8) is 0 Å². The molecule has 32 heavy (non-hydrogen) atoms. The molecule has 1 atom stereocenters. The number of amides is 4. The first kappa shape index (κ1) is 21.5. The predicted octanol–water partition coefficient (Wildman–Crippen LogP) is 3.53. The molecule has 8 heteroatoms. The van der Waals surface area contributed by atoms with E-state index in [9.17, 15) is 18.8 Å². The van der Waals surface area contributed by atoms with Crippen LogP contribution in [0.4, 0.5) is 20.6 Å². The van der Waals surface area contributed by atoms with Gasteiger partial charge in [0.2, 0.25) is 11.8 Å². The van der Waals surface area contributed by atoms with Crippen LogP contribution in [0, 0.1) is 5.82 Å². The van der Waals surface area contributed by atoms with Crippen molar-refractivity contribution >= 4 is 29.2 Å². The number of nitrogens with zero attached hydrogens (tertiary/aromatic N) is 2. The van der Waals surface area contributed by atoms with E-state index in [-0.39, 0.29) is 17.6 Å². The number of likely N-dealkylation sites (tertiary alicyclic amines) is 1. The summed E-state index contributed by atoms with van der Waals surface area (Å²) in [5.74, 6) is -0.630. The Morgan fingerprint density at radius 3 is 2.59 bits per heavy atom. The number of hydrogen-bond donors (Lipinski definition) is 2. The zero-order valence-electron chi connectivity index (χ0n) is 17.6. The maximum atomic E-state index is 13.1. The van der Waals surface area contributed by atoms with Crippen LogP contribution >= 0.6 is 0 Å². The van der Waals surface area contributed by atoms with Crippen molar-refractivity contribution < 1.29 is 18.8 Å². The van der Waals surface area contributed by atoms with E-state index in [0.717, 1.165) is 17.5 Å². The lowest BCUT2D eigenvalue weighted by atomic mass is 9.97. The summed E-state index contributed by atoms with van der Waals surface area (Å²) in [7, 11) is 0. The van der Waals surface area contributed by atoms with Crippen LogP contribution in [0.2, 0.25) is 0 Å². The quantitative estimate of drug-likeness (QED) is 0.720. The summed E-state index contributed by atoms with van der Waals surface area (Å²) >= 11 is 0. The molecule has 0 spiro atoms. The summed E-state index contributed by atoms with van der Waals surface area (Å²) in [6, 6.07) is 10.3. The van der Waals surface area contributed by atoms with Crippen molar-refractivity contribution in [3.8, 4) is 0 Å². The Hall–Kier alpha value is -3.68. The van der Waals surface area contributed by atoms with E-state index in [1.54, 1.807) is 9.80 Å². The highest BCUT2D eigenvalue weighted by atomic mass is 19.1. The second-order valence-corrected chi connectivity index (χ2v) is 7.93. The van der Waals surface area contributed by atoms with Crippen LogP contribution < -0.4 is 10.6 Å². The van der Waals surface area contributed by atoms with Crippen LogP contribution in [-0.2, 0) is 22.6 Å². The highest BCUT2D eigenvalue weighted by Gasteiger charge is 2.36. The molecule has 166 valence electrons. The first-order chi connectivity index (χ1) is 15.5. The van der Waals surface area contributed by atoms with Crippen molar-refractivity contribution in [1.29, 1.82) is 0 Å². The van der Waals surface area contributed by atoms with Gasteiger partial charge >= 0.3 is 6.03 Å². The van der Waals surface area contributed by atoms with Gasteiger partial charge in [0.1, 0.15) is 11.9 Å². The van der Waals surface area contributed by atoms with Gasteiger partial charge in [-0.15, -0.1) is 0 Å². The first-order valence-electron chi connectivity index (χ1n) is 10.6. The van der Waals surface area contributed by atoms with Crippen molar-refractivity contribution in [1.82, 2.24) is 9.80 Å². The maximum Gasteiger partial charge on any atom is 0.323 e. The third kappa shape index (κ3) is 4.49. The number of hydrogen-bond acceptors (Lipinski definition) is 3. The van der Waals surface area contributed by atoms with Gasteiger partial charge in [0.25, 0.3) is 0 Å². The van der Waals surface area contributed by atoms with Crippen molar-refractivity contribution in [3.05, 3.63) is 72.1 Å². The Bertz CT molecular complexity index is 1050. The van der Waals surface area contributed by atoms with E-state index in [1.165, 1.54) is 30.3 Å². The number of anilines is 2. The fraction of sp³-hybridized carbons (Fsp3) is 0.292. The molecule has 1 fully saturated rings. The van der Waals surface area contributed by atoms with Crippen LogP contribution in [0.5, 0.6) is 0 Å². The second kappa shape index (κ2) is 9.21. The number of carbonyl (C=O) groups is 3. The number of urea groups is 1. The van der Waals surface area contributed by atoms with Gasteiger partial charge in [0, 0.05) is 31.0 Å². The Morgan fingerprint density at radius 1 is 1.06 bits per heavy atom. The van der Waals surface area contributed by atoms with Gasteiger partial charge in [0.15, 0.2) is 0 Å². The van der Waals surface area contributed by atoms with Crippen LogP contribution in [0.1, 0.15) is 24.0 Å². The predicted molar refractivity (Wildman–Crippen MR) is 120 cm³/mol. The van der Waals surface area contributed by atoms with Crippen LogP contribution in [-0.4, -0.2) is 46.8 Å². The molecule has 2 N–H and O–H groups in total.